The van der Waals surface area contributed by atoms with Crippen molar-refractivity contribution < 1.29 is 9.90 Å². The molecule has 0 aromatic carbocycles. The smallest absolute Gasteiger partial charge is 0.237 e. The van der Waals surface area contributed by atoms with E-state index in [2.05, 4.69) is 10.6 Å². The van der Waals surface area contributed by atoms with E-state index in [1.54, 1.807) is 6.92 Å². The van der Waals surface area contributed by atoms with Crippen LogP contribution in [0.2, 0.25) is 0 Å². The van der Waals surface area contributed by atoms with Crippen molar-refractivity contribution in [2.75, 3.05) is 0 Å². The highest BCUT2D eigenvalue weighted by Gasteiger charge is 2.38. The molecule has 0 aromatic heterocycles. The SMILES string of the molecule is CC(O)CC(C)NC(=O)C1CC2CCCCC2N1. The Morgan fingerprint density at radius 1 is 1.39 bits per heavy atom. The van der Waals surface area contributed by atoms with Crippen LogP contribution in [0.1, 0.15) is 52.4 Å². The highest BCUT2D eigenvalue weighted by molar-refractivity contribution is 5.82. The van der Waals surface area contributed by atoms with E-state index in [4.69, 9.17) is 0 Å². The van der Waals surface area contributed by atoms with Crippen molar-refractivity contribution >= 4 is 5.91 Å². The fourth-order valence-corrected chi connectivity index (χ4v) is 3.44. The molecule has 2 rings (SSSR count). The van der Waals surface area contributed by atoms with E-state index in [0.717, 1.165) is 6.42 Å². The zero-order chi connectivity index (χ0) is 13.1. The van der Waals surface area contributed by atoms with E-state index < -0.39 is 0 Å². The van der Waals surface area contributed by atoms with Crippen molar-refractivity contribution in [3.8, 4) is 0 Å². The summed E-state index contributed by atoms with van der Waals surface area (Å²) in [5.41, 5.74) is 0. The molecule has 1 saturated heterocycles. The molecule has 0 bridgehead atoms. The summed E-state index contributed by atoms with van der Waals surface area (Å²) in [5.74, 6) is 0.805. The minimum atomic E-state index is -0.362. The Bertz CT molecular complexity index is 280. The third-order valence-electron chi connectivity index (χ3n) is 4.26. The van der Waals surface area contributed by atoms with Crippen molar-refractivity contribution in [3.05, 3.63) is 0 Å². The van der Waals surface area contributed by atoms with Gasteiger partial charge in [-0.2, -0.15) is 0 Å². The monoisotopic (exact) mass is 254 g/mol. The lowest BCUT2D eigenvalue weighted by Crippen LogP contribution is -2.46. The summed E-state index contributed by atoms with van der Waals surface area (Å²) in [6, 6.07) is 0.582. The van der Waals surface area contributed by atoms with Gasteiger partial charge in [0.25, 0.3) is 0 Å². The Kier molecular flexibility index (Phi) is 4.62. The van der Waals surface area contributed by atoms with Gasteiger partial charge in [0.1, 0.15) is 0 Å². The minimum Gasteiger partial charge on any atom is -0.393 e. The van der Waals surface area contributed by atoms with E-state index in [1.165, 1.54) is 25.7 Å². The van der Waals surface area contributed by atoms with Crippen LogP contribution < -0.4 is 10.6 Å². The van der Waals surface area contributed by atoms with E-state index >= 15 is 0 Å². The van der Waals surface area contributed by atoms with Gasteiger partial charge in [-0.15, -0.1) is 0 Å². The third-order valence-corrected chi connectivity index (χ3v) is 4.26. The van der Waals surface area contributed by atoms with Crippen LogP contribution in [0.15, 0.2) is 0 Å². The van der Waals surface area contributed by atoms with E-state index in [0.29, 0.717) is 18.4 Å². The average Bonchev–Trinajstić information content (AvgIpc) is 2.71. The molecule has 104 valence electrons. The molecule has 5 unspecified atom stereocenters. The molecule has 3 N–H and O–H groups in total. The summed E-state index contributed by atoms with van der Waals surface area (Å²) in [4.78, 5) is 12.1. The topological polar surface area (TPSA) is 61.4 Å². The number of carbonyl (C=O) groups excluding carboxylic acids is 1. The van der Waals surface area contributed by atoms with Crippen molar-refractivity contribution in [2.45, 2.75) is 76.6 Å². The summed E-state index contributed by atoms with van der Waals surface area (Å²) in [5, 5.41) is 15.8. The second-order valence-electron chi connectivity index (χ2n) is 6.10. The van der Waals surface area contributed by atoms with Crippen LogP contribution in [0.4, 0.5) is 0 Å². The number of aliphatic hydroxyl groups excluding tert-OH is 1. The number of rotatable bonds is 4. The summed E-state index contributed by atoms with van der Waals surface area (Å²) in [6.45, 7) is 3.71. The van der Waals surface area contributed by atoms with E-state index in [-0.39, 0.29) is 24.1 Å². The molecule has 0 aromatic rings. The lowest BCUT2D eigenvalue weighted by atomic mass is 9.85. The highest BCUT2D eigenvalue weighted by atomic mass is 16.3. The lowest BCUT2D eigenvalue weighted by molar-refractivity contribution is -0.123. The van der Waals surface area contributed by atoms with Gasteiger partial charge in [0, 0.05) is 12.1 Å². The zero-order valence-electron chi connectivity index (χ0n) is 11.5. The van der Waals surface area contributed by atoms with Gasteiger partial charge in [0.05, 0.1) is 12.1 Å². The van der Waals surface area contributed by atoms with E-state index in [9.17, 15) is 9.90 Å². The Labute approximate surface area is 110 Å². The van der Waals surface area contributed by atoms with Gasteiger partial charge >= 0.3 is 0 Å². The molecular weight excluding hydrogens is 228 g/mol. The molecule has 5 atom stereocenters. The Morgan fingerprint density at radius 3 is 2.78 bits per heavy atom. The van der Waals surface area contributed by atoms with Crippen LogP contribution in [0.25, 0.3) is 0 Å². The largest absolute Gasteiger partial charge is 0.393 e. The zero-order valence-corrected chi connectivity index (χ0v) is 11.5. The molecular formula is C14H26N2O2. The molecule has 2 fully saturated rings. The highest BCUT2D eigenvalue weighted by Crippen LogP contribution is 2.33. The molecule has 2 aliphatic rings. The number of fused-ring (bicyclic) bond motifs is 1. The first-order valence-electron chi connectivity index (χ1n) is 7.30. The fraction of sp³-hybridized carbons (Fsp3) is 0.929. The molecule has 4 heteroatoms. The number of carbonyl (C=O) groups is 1. The van der Waals surface area contributed by atoms with Crippen LogP contribution in [-0.2, 0) is 4.79 Å². The summed E-state index contributed by atoms with van der Waals surface area (Å²) in [6.07, 6.45) is 6.33. The molecule has 1 saturated carbocycles. The van der Waals surface area contributed by atoms with Crippen LogP contribution in [0.3, 0.4) is 0 Å². The van der Waals surface area contributed by atoms with Gasteiger partial charge in [0.2, 0.25) is 5.91 Å². The van der Waals surface area contributed by atoms with Gasteiger partial charge in [-0.25, -0.2) is 0 Å². The maximum atomic E-state index is 12.1. The van der Waals surface area contributed by atoms with Gasteiger partial charge in [-0.3, -0.25) is 4.79 Å². The summed E-state index contributed by atoms with van der Waals surface area (Å²) >= 11 is 0. The number of aliphatic hydroxyl groups is 1. The Morgan fingerprint density at radius 2 is 2.11 bits per heavy atom. The predicted octanol–water partition coefficient (Wildman–Crippen LogP) is 1.18. The third kappa shape index (κ3) is 3.45. The minimum absolute atomic E-state index is 0.0189. The van der Waals surface area contributed by atoms with Crippen molar-refractivity contribution in [1.82, 2.24) is 10.6 Å². The summed E-state index contributed by atoms with van der Waals surface area (Å²) in [7, 11) is 0. The van der Waals surface area contributed by atoms with Crippen LogP contribution in [0, 0.1) is 5.92 Å². The molecule has 1 heterocycles. The molecule has 18 heavy (non-hydrogen) atoms. The maximum absolute atomic E-state index is 12.1. The van der Waals surface area contributed by atoms with Crippen LogP contribution >= 0.6 is 0 Å². The molecule has 0 radical (unpaired) electrons. The quantitative estimate of drug-likeness (QED) is 0.706. The lowest BCUT2D eigenvalue weighted by Gasteiger charge is -2.24. The van der Waals surface area contributed by atoms with Crippen molar-refractivity contribution in [1.29, 1.82) is 0 Å². The molecule has 4 nitrogen and oxygen atoms in total. The number of hydrogen-bond acceptors (Lipinski definition) is 3. The second kappa shape index (κ2) is 6.02. The molecule has 1 aliphatic carbocycles. The van der Waals surface area contributed by atoms with Gasteiger partial charge in [-0.1, -0.05) is 12.8 Å². The maximum Gasteiger partial charge on any atom is 0.237 e. The van der Waals surface area contributed by atoms with Crippen LogP contribution in [-0.4, -0.2) is 35.2 Å². The normalized spacial score (nSPS) is 34.7. The molecule has 0 spiro atoms. The first-order chi connectivity index (χ1) is 8.56. The fourth-order valence-electron chi connectivity index (χ4n) is 3.44. The Hall–Kier alpha value is -0.610. The first-order valence-corrected chi connectivity index (χ1v) is 7.30. The Balaban J connectivity index is 1.79. The number of nitrogens with one attached hydrogen (secondary N) is 2. The standard InChI is InChI=1S/C14H26N2O2/c1-9(7-10(2)17)15-14(18)13-8-11-5-3-4-6-12(11)16-13/h9-13,16-17H,3-8H2,1-2H3,(H,15,18). The van der Waals surface area contributed by atoms with Crippen molar-refractivity contribution in [2.24, 2.45) is 5.92 Å². The summed E-state index contributed by atoms with van der Waals surface area (Å²) < 4.78 is 0. The molecule has 1 amide bonds. The predicted molar refractivity (Wildman–Crippen MR) is 71.2 cm³/mol. The van der Waals surface area contributed by atoms with Crippen LogP contribution in [0.5, 0.6) is 0 Å². The average molecular weight is 254 g/mol. The number of amides is 1. The molecule has 1 aliphatic heterocycles. The van der Waals surface area contributed by atoms with E-state index in [1.807, 2.05) is 6.92 Å². The van der Waals surface area contributed by atoms with Crippen molar-refractivity contribution in [3.63, 3.8) is 0 Å². The first kappa shape index (κ1) is 13.8. The van der Waals surface area contributed by atoms with Gasteiger partial charge in [-0.05, 0) is 45.4 Å². The second-order valence-corrected chi connectivity index (χ2v) is 6.10. The van der Waals surface area contributed by atoms with Gasteiger partial charge < -0.3 is 15.7 Å². The number of hydrogen-bond donors (Lipinski definition) is 3. The van der Waals surface area contributed by atoms with Gasteiger partial charge in [0.15, 0.2) is 0 Å².